The zero-order valence-corrected chi connectivity index (χ0v) is 17.3. The van der Waals surface area contributed by atoms with Crippen LogP contribution in [0.15, 0.2) is 66.7 Å². The van der Waals surface area contributed by atoms with Gasteiger partial charge in [-0.1, -0.05) is 48.5 Å². The SMILES string of the molecule is Cc1cc(O[C@H](C)C(=O)NCc2ccccc2)nc2c1c(C)nn2-c1ccccc1. The molecule has 0 fully saturated rings. The van der Waals surface area contributed by atoms with Gasteiger partial charge in [0.25, 0.3) is 5.91 Å². The van der Waals surface area contributed by atoms with Crippen molar-refractivity contribution in [1.82, 2.24) is 20.1 Å². The van der Waals surface area contributed by atoms with E-state index in [0.717, 1.165) is 27.9 Å². The standard InChI is InChI=1S/C24H24N4O2/c1-16-14-21(30-18(3)24(29)25-15-19-10-6-4-7-11-19)26-23-22(16)17(2)27-28(23)20-12-8-5-9-13-20/h4-14,18H,15H2,1-3H3,(H,25,29)/t18-/m1/s1. The number of rotatable bonds is 6. The Morgan fingerprint density at radius 1 is 1.07 bits per heavy atom. The summed E-state index contributed by atoms with van der Waals surface area (Å²) in [5.74, 6) is 0.214. The Bertz CT molecular complexity index is 1170. The van der Waals surface area contributed by atoms with Crippen LogP contribution in [0.4, 0.5) is 0 Å². The Morgan fingerprint density at radius 3 is 2.43 bits per heavy atom. The predicted octanol–water partition coefficient (Wildman–Crippen LogP) is 4.12. The van der Waals surface area contributed by atoms with E-state index in [1.54, 1.807) is 6.92 Å². The van der Waals surface area contributed by atoms with Crippen LogP contribution >= 0.6 is 0 Å². The van der Waals surface area contributed by atoms with Crippen LogP contribution in [0.3, 0.4) is 0 Å². The summed E-state index contributed by atoms with van der Waals surface area (Å²) in [5.41, 5.74) is 4.58. The summed E-state index contributed by atoms with van der Waals surface area (Å²) in [6, 6.07) is 21.5. The zero-order valence-electron chi connectivity index (χ0n) is 17.3. The lowest BCUT2D eigenvalue weighted by atomic mass is 10.1. The van der Waals surface area contributed by atoms with Gasteiger partial charge in [-0.15, -0.1) is 0 Å². The number of benzene rings is 2. The van der Waals surface area contributed by atoms with Crippen molar-refractivity contribution in [3.8, 4) is 11.6 Å². The van der Waals surface area contributed by atoms with E-state index in [0.29, 0.717) is 18.1 Å². The first-order chi connectivity index (χ1) is 14.5. The molecule has 0 saturated heterocycles. The van der Waals surface area contributed by atoms with Gasteiger partial charge in [0.15, 0.2) is 11.8 Å². The van der Waals surface area contributed by atoms with E-state index in [-0.39, 0.29) is 5.91 Å². The molecule has 30 heavy (non-hydrogen) atoms. The van der Waals surface area contributed by atoms with Crippen LogP contribution in [0.1, 0.15) is 23.7 Å². The fourth-order valence-corrected chi connectivity index (χ4v) is 3.45. The number of ether oxygens (including phenoxy) is 1. The zero-order chi connectivity index (χ0) is 21.1. The van der Waals surface area contributed by atoms with Crippen LogP contribution in [-0.2, 0) is 11.3 Å². The number of para-hydroxylation sites is 1. The highest BCUT2D eigenvalue weighted by atomic mass is 16.5. The number of nitrogens with zero attached hydrogens (tertiary/aromatic N) is 3. The number of pyridine rings is 1. The maximum atomic E-state index is 12.5. The van der Waals surface area contributed by atoms with Crippen LogP contribution in [0.5, 0.6) is 5.88 Å². The molecule has 1 atom stereocenters. The Balaban J connectivity index is 1.56. The van der Waals surface area contributed by atoms with Gasteiger partial charge in [-0.3, -0.25) is 4.79 Å². The van der Waals surface area contributed by atoms with Gasteiger partial charge in [-0.2, -0.15) is 10.1 Å². The van der Waals surface area contributed by atoms with Gasteiger partial charge >= 0.3 is 0 Å². The van der Waals surface area contributed by atoms with Crippen LogP contribution < -0.4 is 10.1 Å². The molecule has 2 heterocycles. The van der Waals surface area contributed by atoms with Crippen molar-refractivity contribution < 1.29 is 9.53 Å². The summed E-state index contributed by atoms with van der Waals surface area (Å²) in [5, 5.41) is 8.55. The molecule has 0 radical (unpaired) electrons. The van der Waals surface area contributed by atoms with Crippen LogP contribution in [0.2, 0.25) is 0 Å². The maximum Gasteiger partial charge on any atom is 0.261 e. The van der Waals surface area contributed by atoms with E-state index in [1.807, 2.05) is 85.3 Å². The van der Waals surface area contributed by atoms with Gasteiger partial charge < -0.3 is 10.1 Å². The Labute approximate surface area is 175 Å². The third-order valence-corrected chi connectivity index (χ3v) is 4.96. The van der Waals surface area contributed by atoms with E-state index in [4.69, 9.17) is 4.74 Å². The number of amides is 1. The molecule has 0 unspecified atom stereocenters. The molecular weight excluding hydrogens is 376 g/mol. The van der Waals surface area contributed by atoms with E-state index in [2.05, 4.69) is 15.4 Å². The largest absolute Gasteiger partial charge is 0.464 e. The first-order valence-corrected chi connectivity index (χ1v) is 9.93. The van der Waals surface area contributed by atoms with Crippen molar-refractivity contribution in [3.63, 3.8) is 0 Å². The van der Waals surface area contributed by atoms with Crippen molar-refractivity contribution in [1.29, 1.82) is 0 Å². The van der Waals surface area contributed by atoms with Gasteiger partial charge in [0, 0.05) is 18.0 Å². The van der Waals surface area contributed by atoms with Crippen molar-refractivity contribution in [3.05, 3.63) is 83.6 Å². The molecule has 0 saturated carbocycles. The second kappa shape index (κ2) is 8.37. The second-order valence-electron chi connectivity index (χ2n) is 7.27. The fourth-order valence-electron chi connectivity index (χ4n) is 3.45. The van der Waals surface area contributed by atoms with Crippen LogP contribution in [0.25, 0.3) is 16.7 Å². The highest BCUT2D eigenvalue weighted by Crippen LogP contribution is 2.27. The number of hydrogen-bond acceptors (Lipinski definition) is 4. The maximum absolute atomic E-state index is 12.5. The predicted molar refractivity (Wildman–Crippen MR) is 117 cm³/mol. The van der Waals surface area contributed by atoms with Crippen molar-refractivity contribution in [2.24, 2.45) is 0 Å². The molecule has 0 aliphatic heterocycles. The molecular formula is C24H24N4O2. The molecule has 4 aromatic rings. The Kier molecular flexibility index (Phi) is 5.48. The highest BCUT2D eigenvalue weighted by molar-refractivity contribution is 5.84. The highest BCUT2D eigenvalue weighted by Gasteiger charge is 2.19. The summed E-state index contributed by atoms with van der Waals surface area (Å²) in [6.07, 6.45) is -0.674. The molecule has 2 aromatic carbocycles. The van der Waals surface area contributed by atoms with Crippen molar-refractivity contribution in [2.45, 2.75) is 33.4 Å². The van der Waals surface area contributed by atoms with Gasteiger partial charge in [0.2, 0.25) is 5.88 Å². The number of aromatic nitrogens is 3. The molecule has 6 nitrogen and oxygen atoms in total. The summed E-state index contributed by atoms with van der Waals surface area (Å²) in [6.45, 7) is 6.15. The summed E-state index contributed by atoms with van der Waals surface area (Å²) >= 11 is 0. The summed E-state index contributed by atoms with van der Waals surface area (Å²) in [7, 11) is 0. The third kappa shape index (κ3) is 4.03. The first kappa shape index (κ1) is 19.6. The first-order valence-electron chi connectivity index (χ1n) is 9.93. The van der Waals surface area contributed by atoms with Crippen LogP contribution in [-0.4, -0.2) is 26.8 Å². The summed E-state index contributed by atoms with van der Waals surface area (Å²) in [4.78, 5) is 17.2. The smallest absolute Gasteiger partial charge is 0.261 e. The number of hydrogen-bond donors (Lipinski definition) is 1. The van der Waals surface area contributed by atoms with Gasteiger partial charge in [-0.25, -0.2) is 4.68 Å². The molecule has 2 aromatic heterocycles. The quantitative estimate of drug-likeness (QED) is 0.529. The topological polar surface area (TPSA) is 69.0 Å². The monoisotopic (exact) mass is 400 g/mol. The normalized spacial score (nSPS) is 12.0. The minimum absolute atomic E-state index is 0.189. The lowest BCUT2D eigenvalue weighted by Crippen LogP contribution is -2.36. The van der Waals surface area contributed by atoms with Gasteiger partial charge in [0.05, 0.1) is 11.4 Å². The number of nitrogens with one attached hydrogen (secondary N) is 1. The molecule has 0 spiro atoms. The van der Waals surface area contributed by atoms with E-state index < -0.39 is 6.10 Å². The average molecular weight is 400 g/mol. The fraction of sp³-hybridized carbons (Fsp3) is 0.208. The molecule has 152 valence electrons. The Morgan fingerprint density at radius 2 is 1.73 bits per heavy atom. The lowest BCUT2D eigenvalue weighted by Gasteiger charge is -2.15. The van der Waals surface area contributed by atoms with Crippen LogP contribution in [0, 0.1) is 13.8 Å². The van der Waals surface area contributed by atoms with Crippen molar-refractivity contribution in [2.75, 3.05) is 0 Å². The summed E-state index contributed by atoms with van der Waals surface area (Å²) < 4.78 is 7.70. The minimum atomic E-state index is -0.674. The molecule has 0 aliphatic rings. The average Bonchev–Trinajstić information content (AvgIpc) is 3.10. The van der Waals surface area contributed by atoms with Gasteiger partial charge in [0.1, 0.15) is 0 Å². The number of carbonyl (C=O) groups excluding carboxylic acids is 1. The number of carbonyl (C=O) groups is 1. The van der Waals surface area contributed by atoms with E-state index in [9.17, 15) is 4.79 Å². The number of fused-ring (bicyclic) bond motifs is 1. The van der Waals surface area contributed by atoms with E-state index >= 15 is 0 Å². The molecule has 6 heteroatoms. The molecule has 0 aliphatic carbocycles. The molecule has 0 bridgehead atoms. The molecule has 4 rings (SSSR count). The number of aryl methyl sites for hydroxylation is 2. The minimum Gasteiger partial charge on any atom is -0.464 e. The molecule has 1 amide bonds. The van der Waals surface area contributed by atoms with Crippen molar-refractivity contribution >= 4 is 16.9 Å². The third-order valence-electron chi connectivity index (χ3n) is 4.96. The second-order valence-corrected chi connectivity index (χ2v) is 7.27. The molecule has 1 N–H and O–H groups in total. The Hall–Kier alpha value is -3.67. The lowest BCUT2D eigenvalue weighted by molar-refractivity contribution is -0.127. The van der Waals surface area contributed by atoms with E-state index in [1.165, 1.54) is 0 Å². The van der Waals surface area contributed by atoms with Gasteiger partial charge in [-0.05, 0) is 44.0 Å².